The van der Waals surface area contributed by atoms with Crippen molar-refractivity contribution in [1.82, 2.24) is 15.2 Å². The van der Waals surface area contributed by atoms with Crippen LogP contribution in [0, 0.1) is 0 Å². The number of hydrogen-bond acceptors (Lipinski definition) is 3. The average Bonchev–Trinajstić information content (AvgIpc) is 2.69. The monoisotopic (exact) mass is 460 g/mol. The zero-order valence-corrected chi connectivity index (χ0v) is 16.8. The van der Waals surface area contributed by atoms with Crippen LogP contribution >= 0.6 is 11.6 Å². The van der Waals surface area contributed by atoms with Gasteiger partial charge in [-0.05, 0) is 0 Å². The van der Waals surface area contributed by atoms with Gasteiger partial charge >= 0.3 is 170 Å². The van der Waals surface area contributed by atoms with E-state index in [1.165, 1.54) is 12.1 Å². The van der Waals surface area contributed by atoms with Crippen molar-refractivity contribution in [1.29, 1.82) is 0 Å². The molecule has 2 heterocycles. The third kappa shape index (κ3) is 4.03. The van der Waals surface area contributed by atoms with Crippen molar-refractivity contribution in [2.75, 3.05) is 0 Å². The van der Waals surface area contributed by atoms with Gasteiger partial charge in [-0.1, -0.05) is 0 Å². The fourth-order valence-corrected chi connectivity index (χ4v) is 4.77. The van der Waals surface area contributed by atoms with Gasteiger partial charge in [-0.2, -0.15) is 0 Å². The summed E-state index contributed by atoms with van der Waals surface area (Å²) in [5.41, 5.74) is 1.33. The van der Waals surface area contributed by atoms with E-state index < -0.39 is 27.5 Å². The number of benzene rings is 2. The van der Waals surface area contributed by atoms with Crippen molar-refractivity contribution in [2.45, 2.75) is 6.18 Å². The van der Waals surface area contributed by atoms with Gasteiger partial charge in [-0.3, -0.25) is 0 Å². The minimum atomic E-state index is -4.38. The number of alkyl halides is 3. The molecule has 2 aromatic heterocycles. The van der Waals surface area contributed by atoms with E-state index in [1.54, 1.807) is 12.3 Å². The molecule has 0 saturated heterocycles. The Bertz CT molecular complexity index is 1150. The third-order valence-electron chi connectivity index (χ3n) is 4.09. The summed E-state index contributed by atoms with van der Waals surface area (Å²) in [4.78, 5) is 4.36. The molecule has 4 aromatic rings. The van der Waals surface area contributed by atoms with Crippen molar-refractivity contribution in [2.24, 2.45) is 0 Å². The molecule has 0 N–H and O–H groups in total. The van der Waals surface area contributed by atoms with Gasteiger partial charge < -0.3 is 0 Å². The number of pyridine rings is 1. The second kappa shape index (κ2) is 7.53. The molecule has 0 saturated carbocycles. The maximum absolute atomic E-state index is 12.8. The van der Waals surface area contributed by atoms with E-state index in [1.807, 2.05) is 30.3 Å². The Labute approximate surface area is 170 Å². The molecule has 2 aromatic carbocycles. The minimum absolute atomic E-state index is 0.157. The Balaban J connectivity index is 1.64. The summed E-state index contributed by atoms with van der Waals surface area (Å²) >= 11 is 5.67. The van der Waals surface area contributed by atoms with Gasteiger partial charge in [-0.15, -0.1) is 0 Å². The molecule has 0 bridgehead atoms. The zero-order chi connectivity index (χ0) is 19.7. The summed E-state index contributed by atoms with van der Waals surface area (Å²) in [5, 5.41) is 9.36. The summed E-state index contributed by atoms with van der Waals surface area (Å²) < 4.78 is 40.2. The summed E-state index contributed by atoms with van der Waals surface area (Å²) in [6.07, 6.45) is -2.63. The molecule has 0 spiro atoms. The first-order valence-electron chi connectivity index (χ1n) is 8.17. The number of nitrogens with zero attached hydrogens (tertiary/aromatic N) is 3. The van der Waals surface area contributed by atoms with Gasteiger partial charge in [0.05, 0.1) is 0 Å². The average molecular weight is 461 g/mol. The molecule has 0 unspecified atom stereocenters. The van der Waals surface area contributed by atoms with Crippen LogP contribution in [-0.4, -0.2) is 30.9 Å². The topological polar surface area (TPSA) is 38.7 Å². The van der Waals surface area contributed by atoms with Crippen LogP contribution in [0.4, 0.5) is 13.2 Å². The first-order chi connectivity index (χ1) is 13.4. The fourth-order valence-electron chi connectivity index (χ4n) is 2.72. The predicted octanol–water partition coefficient (Wildman–Crippen LogP) is 4.02. The number of rotatable bonds is 3. The van der Waals surface area contributed by atoms with Crippen LogP contribution in [0.15, 0.2) is 66.9 Å². The van der Waals surface area contributed by atoms with Gasteiger partial charge in [-0.25, -0.2) is 0 Å². The second-order valence-corrected chi connectivity index (χ2v) is 8.85. The molecule has 1 radical (unpaired) electrons. The quantitative estimate of drug-likeness (QED) is 0.434. The van der Waals surface area contributed by atoms with E-state index in [0.717, 1.165) is 31.9 Å². The van der Waals surface area contributed by atoms with E-state index >= 15 is 0 Å². The molecule has 139 valence electrons. The second-order valence-electron chi connectivity index (χ2n) is 5.97. The molecular weight excluding hydrogens is 450 g/mol. The first kappa shape index (κ1) is 18.9. The molecule has 0 amide bonds. The van der Waals surface area contributed by atoms with Crippen LogP contribution in [0.5, 0.6) is 0 Å². The summed E-state index contributed by atoms with van der Waals surface area (Å²) in [7, 11) is 0. The zero-order valence-electron chi connectivity index (χ0n) is 14.2. The number of fused-ring (bicyclic) bond motifs is 1. The van der Waals surface area contributed by atoms with E-state index in [9.17, 15) is 13.2 Å². The summed E-state index contributed by atoms with van der Waals surface area (Å²) in [5.74, 6) is 0. The molecule has 0 aliphatic heterocycles. The Kier molecular flexibility index (Phi) is 5.09. The molecule has 0 aliphatic carbocycles. The van der Waals surface area contributed by atoms with Gasteiger partial charge in [0.1, 0.15) is 0 Å². The van der Waals surface area contributed by atoms with Crippen LogP contribution in [0.2, 0.25) is 5.15 Å². The van der Waals surface area contributed by atoms with E-state index in [2.05, 4.69) is 15.2 Å². The number of aromatic nitrogens is 3. The van der Waals surface area contributed by atoms with Crippen molar-refractivity contribution in [3.63, 3.8) is 0 Å². The van der Waals surface area contributed by atoms with Crippen LogP contribution in [0.3, 0.4) is 0 Å². The van der Waals surface area contributed by atoms with E-state index in [-0.39, 0.29) is 5.15 Å². The summed E-state index contributed by atoms with van der Waals surface area (Å²) in [6.45, 7) is 0. The van der Waals surface area contributed by atoms with Crippen LogP contribution in [0.25, 0.3) is 22.0 Å². The van der Waals surface area contributed by atoms with Crippen LogP contribution in [-0.2, 0) is 6.18 Å². The molecule has 0 atom stereocenters. The Morgan fingerprint density at radius 2 is 1.68 bits per heavy atom. The van der Waals surface area contributed by atoms with Crippen molar-refractivity contribution < 1.29 is 13.2 Å². The number of hydrogen-bond donors (Lipinski definition) is 0. The normalized spacial score (nSPS) is 12.1. The SMILES string of the molecule is FC(F)(F)c1ccc(-c2cc([As]c3ccc4cccnc4c3)nnc2Cl)cc1. The van der Waals surface area contributed by atoms with Gasteiger partial charge in [0.25, 0.3) is 0 Å². The third-order valence-corrected chi connectivity index (χ3v) is 6.44. The van der Waals surface area contributed by atoms with Crippen molar-refractivity contribution in [3.8, 4) is 11.1 Å². The van der Waals surface area contributed by atoms with Crippen LogP contribution in [0.1, 0.15) is 5.56 Å². The van der Waals surface area contributed by atoms with E-state index in [4.69, 9.17) is 11.6 Å². The van der Waals surface area contributed by atoms with Crippen molar-refractivity contribution >= 4 is 47.1 Å². The molecule has 0 aliphatic rings. The Morgan fingerprint density at radius 1 is 0.893 bits per heavy atom. The van der Waals surface area contributed by atoms with Gasteiger partial charge in [0, 0.05) is 0 Å². The van der Waals surface area contributed by atoms with Crippen LogP contribution < -0.4 is 8.83 Å². The van der Waals surface area contributed by atoms with Gasteiger partial charge in [0.2, 0.25) is 0 Å². The number of halogens is 4. The standard InChI is InChI=1S/C20H11AsClF3N3/c22-19-16(12-3-6-14(7-4-12)20(23,24)25)11-18(27-28-19)21-15-8-5-13-2-1-9-26-17(13)10-15/h1-11H. The molecule has 0 fully saturated rings. The van der Waals surface area contributed by atoms with E-state index in [0.29, 0.717) is 11.1 Å². The molecule has 28 heavy (non-hydrogen) atoms. The molecule has 8 heteroatoms. The first-order valence-corrected chi connectivity index (χ1v) is 10.4. The Morgan fingerprint density at radius 3 is 2.43 bits per heavy atom. The maximum atomic E-state index is 12.8. The van der Waals surface area contributed by atoms with Crippen molar-refractivity contribution in [3.05, 3.63) is 77.6 Å². The Hall–Kier alpha value is -2.43. The summed E-state index contributed by atoms with van der Waals surface area (Å²) in [6, 6.07) is 16.6. The fraction of sp³-hybridized carbons (Fsp3) is 0.0500. The van der Waals surface area contributed by atoms with Gasteiger partial charge in [0.15, 0.2) is 0 Å². The molecule has 4 rings (SSSR count). The molecular formula is C20H11AsClF3N3. The predicted molar refractivity (Wildman–Crippen MR) is 104 cm³/mol. The molecule has 3 nitrogen and oxygen atoms in total.